The highest BCUT2D eigenvalue weighted by Crippen LogP contribution is 2.23. The molecule has 0 bridgehead atoms. The molecule has 6 heteroatoms. The van der Waals surface area contributed by atoms with Gasteiger partial charge >= 0.3 is 0 Å². The molecule has 1 fully saturated rings. The highest BCUT2D eigenvalue weighted by atomic mass is 16.3. The molecule has 1 saturated heterocycles. The molecule has 0 atom stereocenters. The standard InChI is InChI=1S/C19H21N5O/c1-2-10-24(9-1)16-7-5-15(6-8-16)23-19-12-18(21-14-22-19)20-13-17-4-3-11-25-17/h3-8,11-12,14H,1-2,9-10,13H2,(H2,20,21,22,23). The number of aromatic nitrogens is 2. The van der Waals surface area contributed by atoms with Crippen LogP contribution in [0.1, 0.15) is 18.6 Å². The average molecular weight is 335 g/mol. The SMILES string of the molecule is c1coc(CNc2cc(Nc3ccc(N4CCCC4)cc3)ncn2)c1. The third-order valence-corrected chi connectivity index (χ3v) is 4.30. The zero-order valence-electron chi connectivity index (χ0n) is 14.0. The van der Waals surface area contributed by atoms with Crippen LogP contribution >= 0.6 is 0 Å². The van der Waals surface area contributed by atoms with Crippen LogP contribution in [0.5, 0.6) is 0 Å². The fourth-order valence-electron chi connectivity index (χ4n) is 2.99. The first kappa shape index (κ1) is 15.5. The molecule has 2 N–H and O–H groups in total. The predicted molar refractivity (Wildman–Crippen MR) is 99.2 cm³/mol. The second kappa shape index (κ2) is 7.25. The molecule has 1 aliphatic rings. The van der Waals surface area contributed by atoms with E-state index in [2.05, 4.69) is 49.8 Å². The van der Waals surface area contributed by atoms with E-state index >= 15 is 0 Å². The Morgan fingerprint density at radius 2 is 1.80 bits per heavy atom. The van der Waals surface area contributed by atoms with Gasteiger partial charge in [0.2, 0.25) is 0 Å². The maximum Gasteiger partial charge on any atom is 0.135 e. The van der Waals surface area contributed by atoms with Crippen LogP contribution in [0, 0.1) is 0 Å². The van der Waals surface area contributed by atoms with Gasteiger partial charge in [0.15, 0.2) is 0 Å². The van der Waals surface area contributed by atoms with Gasteiger partial charge in [0, 0.05) is 30.5 Å². The molecular formula is C19H21N5O. The summed E-state index contributed by atoms with van der Waals surface area (Å²) in [6, 6.07) is 14.2. The van der Waals surface area contributed by atoms with E-state index in [1.807, 2.05) is 18.2 Å². The summed E-state index contributed by atoms with van der Waals surface area (Å²) in [6.45, 7) is 2.90. The number of hydrogen-bond donors (Lipinski definition) is 2. The van der Waals surface area contributed by atoms with Gasteiger partial charge in [-0.2, -0.15) is 0 Å². The number of rotatable bonds is 6. The monoisotopic (exact) mass is 335 g/mol. The lowest BCUT2D eigenvalue weighted by molar-refractivity contribution is 0.518. The van der Waals surface area contributed by atoms with Crippen LogP contribution in [0.4, 0.5) is 23.0 Å². The molecular weight excluding hydrogens is 314 g/mol. The lowest BCUT2D eigenvalue weighted by Crippen LogP contribution is -2.17. The van der Waals surface area contributed by atoms with Crippen LogP contribution in [0.2, 0.25) is 0 Å². The second-order valence-corrected chi connectivity index (χ2v) is 6.09. The predicted octanol–water partition coefficient (Wildman–Crippen LogP) is 4.03. The van der Waals surface area contributed by atoms with Gasteiger partial charge in [-0.1, -0.05) is 0 Å². The van der Waals surface area contributed by atoms with Crippen molar-refractivity contribution in [2.45, 2.75) is 19.4 Å². The fourth-order valence-corrected chi connectivity index (χ4v) is 2.99. The summed E-state index contributed by atoms with van der Waals surface area (Å²) in [5.74, 6) is 2.37. The lowest BCUT2D eigenvalue weighted by Gasteiger charge is -2.18. The van der Waals surface area contributed by atoms with Gasteiger partial charge < -0.3 is 20.0 Å². The highest BCUT2D eigenvalue weighted by molar-refractivity contribution is 5.62. The largest absolute Gasteiger partial charge is 0.467 e. The van der Waals surface area contributed by atoms with E-state index in [-0.39, 0.29) is 0 Å². The van der Waals surface area contributed by atoms with Crippen molar-refractivity contribution in [3.05, 3.63) is 60.8 Å². The van der Waals surface area contributed by atoms with Crippen LogP contribution in [0.3, 0.4) is 0 Å². The first-order chi connectivity index (χ1) is 12.4. The minimum absolute atomic E-state index is 0.591. The van der Waals surface area contributed by atoms with Crippen molar-refractivity contribution in [3.8, 4) is 0 Å². The molecule has 4 rings (SSSR count). The number of furan rings is 1. The maximum atomic E-state index is 5.31. The van der Waals surface area contributed by atoms with Crippen molar-refractivity contribution in [3.63, 3.8) is 0 Å². The quantitative estimate of drug-likeness (QED) is 0.709. The topological polar surface area (TPSA) is 66.2 Å². The Hall–Kier alpha value is -3.02. The van der Waals surface area contributed by atoms with E-state index in [1.165, 1.54) is 18.5 Å². The first-order valence-corrected chi connectivity index (χ1v) is 8.57. The summed E-state index contributed by atoms with van der Waals surface area (Å²) in [4.78, 5) is 10.9. The molecule has 128 valence electrons. The van der Waals surface area contributed by atoms with Crippen LogP contribution in [-0.4, -0.2) is 23.1 Å². The molecule has 0 unspecified atom stereocenters. The van der Waals surface area contributed by atoms with Crippen LogP contribution in [0.15, 0.2) is 59.5 Å². The Balaban J connectivity index is 1.39. The summed E-state index contributed by atoms with van der Waals surface area (Å²) in [7, 11) is 0. The molecule has 0 aliphatic carbocycles. The first-order valence-electron chi connectivity index (χ1n) is 8.57. The Morgan fingerprint density at radius 1 is 1.00 bits per heavy atom. The maximum absolute atomic E-state index is 5.31. The molecule has 25 heavy (non-hydrogen) atoms. The van der Waals surface area contributed by atoms with Crippen molar-refractivity contribution in [1.29, 1.82) is 0 Å². The van der Waals surface area contributed by atoms with Gasteiger partial charge in [0.1, 0.15) is 23.7 Å². The van der Waals surface area contributed by atoms with Crippen LogP contribution in [-0.2, 0) is 6.54 Å². The Bertz CT molecular complexity index is 795. The zero-order chi connectivity index (χ0) is 16.9. The number of nitrogens with one attached hydrogen (secondary N) is 2. The molecule has 2 aromatic heterocycles. The van der Waals surface area contributed by atoms with Gasteiger partial charge in [-0.25, -0.2) is 9.97 Å². The molecule has 0 amide bonds. The summed E-state index contributed by atoms with van der Waals surface area (Å²) < 4.78 is 5.31. The van der Waals surface area contributed by atoms with E-state index in [9.17, 15) is 0 Å². The Labute approximate surface area is 146 Å². The van der Waals surface area contributed by atoms with Gasteiger partial charge in [-0.05, 0) is 49.2 Å². The van der Waals surface area contributed by atoms with Gasteiger partial charge in [-0.3, -0.25) is 0 Å². The summed E-state index contributed by atoms with van der Waals surface area (Å²) in [6.07, 6.45) is 5.78. The third kappa shape index (κ3) is 3.91. The van der Waals surface area contributed by atoms with Crippen molar-refractivity contribution in [1.82, 2.24) is 9.97 Å². The van der Waals surface area contributed by atoms with Crippen LogP contribution < -0.4 is 15.5 Å². The molecule has 0 saturated carbocycles. The van der Waals surface area contributed by atoms with E-state index in [0.717, 1.165) is 36.2 Å². The third-order valence-electron chi connectivity index (χ3n) is 4.30. The molecule has 3 aromatic rings. The van der Waals surface area contributed by atoms with E-state index < -0.39 is 0 Å². The molecule has 0 spiro atoms. The van der Waals surface area contributed by atoms with E-state index in [1.54, 1.807) is 12.6 Å². The van der Waals surface area contributed by atoms with Gasteiger partial charge in [0.05, 0.1) is 12.8 Å². The van der Waals surface area contributed by atoms with Crippen molar-refractivity contribution in [2.75, 3.05) is 28.6 Å². The number of anilines is 4. The number of benzene rings is 1. The number of hydrogen-bond acceptors (Lipinski definition) is 6. The van der Waals surface area contributed by atoms with Gasteiger partial charge in [0.25, 0.3) is 0 Å². The lowest BCUT2D eigenvalue weighted by atomic mass is 10.2. The minimum Gasteiger partial charge on any atom is -0.467 e. The summed E-state index contributed by atoms with van der Waals surface area (Å²) in [5, 5.41) is 6.55. The Morgan fingerprint density at radius 3 is 2.56 bits per heavy atom. The smallest absolute Gasteiger partial charge is 0.135 e. The molecule has 6 nitrogen and oxygen atoms in total. The Kier molecular flexibility index (Phi) is 4.50. The molecule has 1 aliphatic heterocycles. The molecule has 1 aromatic carbocycles. The van der Waals surface area contributed by atoms with E-state index in [4.69, 9.17) is 4.42 Å². The molecule has 0 radical (unpaired) electrons. The van der Waals surface area contributed by atoms with Crippen molar-refractivity contribution in [2.24, 2.45) is 0 Å². The van der Waals surface area contributed by atoms with Gasteiger partial charge in [-0.15, -0.1) is 0 Å². The van der Waals surface area contributed by atoms with Crippen molar-refractivity contribution < 1.29 is 4.42 Å². The van der Waals surface area contributed by atoms with Crippen molar-refractivity contribution >= 4 is 23.0 Å². The highest BCUT2D eigenvalue weighted by Gasteiger charge is 2.11. The summed E-state index contributed by atoms with van der Waals surface area (Å²) >= 11 is 0. The second-order valence-electron chi connectivity index (χ2n) is 6.09. The normalized spacial score (nSPS) is 13.8. The average Bonchev–Trinajstić information content (AvgIpc) is 3.35. The fraction of sp³-hybridized carbons (Fsp3) is 0.263. The number of nitrogens with zero attached hydrogens (tertiary/aromatic N) is 3. The minimum atomic E-state index is 0.591. The van der Waals surface area contributed by atoms with E-state index in [0.29, 0.717) is 6.54 Å². The van der Waals surface area contributed by atoms with Crippen LogP contribution in [0.25, 0.3) is 0 Å². The zero-order valence-corrected chi connectivity index (χ0v) is 14.0. The summed E-state index contributed by atoms with van der Waals surface area (Å²) in [5.41, 5.74) is 2.30. The molecule has 3 heterocycles.